The Morgan fingerprint density at radius 3 is 1.74 bits per heavy atom. The van der Waals surface area contributed by atoms with Gasteiger partial charge < -0.3 is 16.0 Å². The summed E-state index contributed by atoms with van der Waals surface area (Å²) in [5, 5.41) is 19.1. The molecule has 0 bridgehead atoms. The molecule has 46 heavy (non-hydrogen) atoms. The van der Waals surface area contributed by atoms with Crippen LogP contribution in [0.5, 0.6) is 0 Å². The number of para-hydroxylation sites is 2. The van der Waals surface area contributed by atoms with E-state index in [1.54, 1.807) is 78.5 Å². The molecule has 0 atom stereocenters. The maximum atomic E-state index is 13.9. The highest BCUT2D eigenvalue weighted by molar-refractivity contribution is 6.17. The number of aromatic nitrogens is 2. The fourth-order valence-corrected chi connectivity index (χ4v) is 5.24. The number of rotatable bonds is 11. The normalized spacial score (nSPS) is 11.3. The van der Waals surface area contributed by atoms with Crippen molar-refractivity contribution in [2.24, 2.45) is 5.41 Å². The number of hydrogen-bond acceptors (Lipinski definition) is 7. The maximum Gasteiger partial charge on any atom is 0.243 e. The van der Waals surface area contributed by atoms with E-state index in [0.29, 0.717) is 40.1 Å². The number of amides is 4. The van der Waals surface area contributed by atoms with Gasteiger partial charge in [0.2, 0.25) is 23.6 Å². The topological polar surface area (TPSA) is 162 Å². The molecule has 0 aliphatic carbocycles. The molecule has 0 radical (unpaired) electrons. The lowest BCUT2D eigenvalue weighted by molar-refractivity contribution is -0.131. The molecule has 2 heterocycles. The van der Waals surface area contributed by atoms with Gasteiger partial charge in [0.15, 0.2) is 0 Å². The van der Waals surface area contributed by atoms with Gasteiger partial charge in [-0.05, 0) is 53.8 Å². The van der Waals surface area contributed by atoms with Crippen molar-refractivity contribution in [3.05, 3.63) is 103 Å². The molecule has 0 saturated carbocycles. The number of hydroxylamine groups is 1. The van der Waals surface area contributed by atoms with Crippen LogP contribution in [0.4, 0.5) is 17.1 Å². The number of carbonyl (C=O) groups is 4. The smallest absolute Gasteiger partial charge is 0.243 e. The van der Waals surface area contributed by atoms with E-state index in [1.807, 2.05) is 38.1 Å². The van der Waals surface area contributed by atoms with Gasteiger partial charge in [0.1, 0.15) is 5.92 Å². The molecular weight excluding hydrogens is 584 g/mol. The van der Waals surface area contributed by atoms with Crippen LogP contribution in [0.3, 0.4) is 0 Å². The minimum Gasteiger partial charge on any atom is -0.326 e. The van der Waals surface area contributed by atoms with E-state index >= 15 is 0 Å². The van der Waals surface area contributed by atoms with Gasteiger partial charge in [-0.1, -0.05) is 62.4 Å². The van der Waals surface area contributed by atoms with Gasteiger partial charge in [-0.2, -0.15) is 0 Å². The van der Waals surface area contributed by atoms with Crippen molar-refractivity contribution in [3.63, 3.8) is 0 Å². The predicted molar refractivity (Wildman–Crippen MR) is 176 cm³/mol. The first-order chi connectivity index (χ1) is 22.1. The number of nitrogens with one attached hydrogen (secondary N) is 4. The van der Waals surface area contributed by atoms with Crippen LogP contribution in [-0.4, -0.2) is 38.8 Å². The average molecular weight is 619 g/mol. The first kappa shape index (κ1) is 31.7. The van der Waals surface area contributed by atoms with Crippen LogP contribution >= 0.6 is 0 Å². The van der Waals surface area contributed by atoms with Crippen LogP contribution in [0.2, 0.25) is 0 Å². The molecule has 2 aromatic heterocycles. The number of anilines is 3. The zero-order valence-electron chi connectivity index (χ0n) is 25.4. The molecule has 234 valence electrons. The number of nitrogens with zero attached hydrogens (tertiary/aromatic N) is 2. The van der Waals surface area contributed by atoms with E-state index < -0.39 is 29.1 Å². The number of fused-ring (bicyclic) bond motifs is 2. The highest BCUT2D eigenvalue weighted by atomic mass is 16.5. The SMILES string of the molecule is CC(C)(CCC(=O)Nc1ccc(C(C(=O)Nc2cccc3cccnc23)C(=O)Nc2cccc3cccnc23)cc1)CC(=O)NO. The average Bonchev–Trinajstić information content (AvgIpc) is 3.05. The Labute approximate surface area is 265 Å². The summed E-state index contributed by atoms with van der Waals surface area (Å²) in [5.74, 6) is -3.16. The molecule has 0 saturated heterocycles. The Hall–Kier alpha value is -5.68. The van der Waals surface area contributed by atoms with E-state index in [2.05, 4.69) is 25.9 Å². The Bertz CT molecular complexity index is 1800. The highest BCUT2D eigenvalue weighted by Gasteiger charge is 2.30. The van der Waals surface area contributed by atoms with Crippen molar-refractivity contribution in [2.75, 3.05) is 16.0 Å². The Balaban J connectivity index is 1.37. The minimum absolute atomic E-state index is 0.0701. The molecule has 0 unspecified atom stereocenters. The monoisotopic (exact) mass is 618 g/mol. The van der Waals surface area contributed by atoms with Gasteiger partial charge in [0, 0.05) is 41.7 Å². The number of benzene rings is 3. The van der Waals surface area contributed by atoms with E-state index in [4.69, 9.17) is 5.21 Å². The van der Waals surface area contributed by atoms with Crippen LogP contribution in [0.1, 0.15) is 44.6 Å². The molecule has 0 aliphatic rings. The molecule has 0 fully saturated rings. The molecule has 11 nitrogen and oxygen atoms in total. The quantitative estimate of drug-likeness (QED) is 0.0711. The molecule has 11 heteroatoms. The summed E-state index contributed by atoms with van der Waals surface area (Å²) in [6.07, 6.45) is 3.91. The largest absolute Gasteiger partial charge is 0.326 e. The van der Waals surface area contributed by atoms with Gasteiger partial charge in [0.25, 0.3) is 0 Å². The van der Waals surface area contributed by atoms with Gasteiger partial charge >= 0.3 is 0 Å². The Kier molecular flexibility index (Phi) is 9.63. The highest BCUT2D eigenvalue weighted by Crippen LogP contribution is 2.29. The van der Waals surface area contributed by atoms with Crippen molar-refractivity contribution in [3.8, 4) is 0 Å². The number of pyridine rings is 2. The van der Waals surface area contributed by atoms with Crippen molar-refractivity contribution in [2.45, 2.75) is 39.0 Å². The summed E-state index contributed by atoms with van der Waals surface area (Å²) in [6, 6.07) is 24.7. The standard InChI is InChI=1S/C35H34N6O5/c1-35(2,21-29(43)41-46)18-17-28(42)38-25-15-13-22(14-16-25)30(33(44)39-26-11-3-7-23-9-5-19-36-31(23)26)34(45)40-27-12-4-8-24-10-6-20-37-32(24)27/h3-16,19-20,30,46H,17-18,21H2,1-2H3,(H,38,42)(H,39,44)(H,40,45)(H,41,43). The van der Waals surface area contributed by atoms with E-state index in [9.17, 15) is 19.2 Å². The molecule has 3 aromatic carbocycles. The summed E-state index contributed by atoms with van der Waals surface area (Å²) in [4.78, 5) is 60.7. The molecule has 5 N–H and O–H groups in total. The fraction of sp³-hybridized carbons (Fsp3) is 0.200. The summed E-state index contributed by atoms with van der Waals surface area (Å²) < 4.78 is 0. The summed E-state index contributed by atoms with van der Waals surface area (Å²) in [7, 11) is 0. The number of carbonyl (C=O) groups excluding carboxylic acids is 4. The van der Waals surface area contributed by atoms with Gasteiger partial charge in [-0.25, -0.2) is 5.48 Å². The van der Waals surface area contributed by atoms with Crippen molar-refractivity contribution >= 4 is 62.5 Å². The predicted octanol–water partition coefficient (Wildman–Crippen LogP) is 5.78. The second-order valence-corrected chi connectivity index (χ2v) is 11.7. The second kappa shape index (κ2) is 14.0. The first-order valence-corrected chi connectivity index (χ1v) is 14.8. The third-order valence-corrected chi connectivity index (χ3v) is 7.63. The number of hydrogen-bond donors (Lipinski definition) is 5. The van der Waals surface area contributed by atoms with Crippen LogP contribution < -0.4 is 21.4 Å². The van der Waals surface area contributed by atoms with E-state index in [1.165, 1.54) is 0 Å². The lowest BCUT2D eigenvalue weighted by atomic mass is 9.84. The lowest BCUT2D eigenvalue weighted by Gasteiger charge is -2.22. The fourth-order valence-electron chi connectivity index (χ4n) is 5.24. The zero-order chi connectivity index (χ0) is 32.7. The molecule has 0 aliphatic heterocycles. The van der Waals surface area contributed by atoms with Crippen molar-refractivity contribution < 1.29 is 24.4 Å². The van der Waals surface area contributed by atoms with Crippen LogP contribution in [0.15, 0.2) is 97.3 Å². The van der Waals surface area contributed by atoms with Gasteiger partial charge in [0.05, 0.1) is 22.4 Å². The van der Waals surface area contributed by atoms with E-state index in [0.717, 1.165) is 10.8 Å². The third kappa shape index (κ3) is 7.69. The molecule has 5 aromatic rings. The molecule has 5 rings (SSSR count). The van der Waals surface area contributed by atoms with Gasteiger partial charge in [-0.3, -0.25) is 34.4 Å². The Morgan fingerprint density at radius 1 is 0.696 bits per heavy atom. The third-order valence-electron chi connectivity index (χ3n) is 7.63. The van der Waals surface area contributed by atoms with Crippen molar-refractivity contribution in [1.29, 1.82) is 0 Å². The zero-order valence-corrected chi connectivity index (χ0v) is 25.4. The van der Waals surface area contributed by atoms with Crippen LogP contribution in [0.25, 0.3) is 21.8 Å². The molecule has 0 spiro atoms. The van der Waals surface area contributed by atoms with Crippen LogP contribution in [0, 0.1) is 5.41 Å². The van der Waals surface area contributed by atoms with Crippen molar-refractivity contribution in [1.82, 2.24) is 15.4 Å². The summed E-state index contributed by atoms with van der Waals surface area (Å²) >= 11 is 0. The molecular formula is C35H34N6O5. The van der Waals surface area contributed by atoms with E-state index in [-0.39, 0.29) is 18.7 Å². The van der Waals surface area contributed by atoms with Gasteiger partial charge in [-0.15, -0.1) is 0 Å². The summed E-state index contributed by atoms with van der Waals surface area (Å²) in [5.41, 5.74) is 4.13. The first-order valence-electron chi connectivity index (χ1n) is 14.8. The Morgan fingerprint density at radius 2 is 1.22 bits per heavy atom. The lowest BCUT2D eigenvalue weighted by Crippen LogP contribution is -2.32. The summed E-state index contributed by atoms with van der Waals surface area (Å²) in [6.45, 7) is 3.67. The van der Waals surface area contributed by atoms with Crippen LogP contribution in [-0.2, 0) is 19.2 Å². The minimum atomic E-state index is -1.26. The molecule has 4 amide bonds. The second-order valence-electron chi connectivity index (χ2n) is 11.7. The maximum absolute atomic E-state index is 13.9.